The number of carbonyl (C=O) groups is 3. The van der Waals surface area contributed by atoms with Crippen LogP contribution in [0.1, 0.15) is 27.8 Å². The molecule has 2 N–H and O–H groups in total. The standard InChI is InChI=1S/C21H18N2O6/c1-2-28-20(26)14-8-4-6-10-16(14)23-19(25)12-29-21(27)17-11-18(24)13-7-3-5-9-15(13)22-17/h3-11H,2,12H2,1H3,(H,22,24)(H,23,25). The van der Waals surface area contributed by atoms with Crippen LogP contribution in [0.5, 0.6) is 0 Å². The molecule has 0 aliphatic carbocycles. The van der Waals surface area contributed by atoms with E-state index in [4.69, 9.17) is 9.47 Å². The second-order valence-corrected chi connectivity index (χ2v) is 5.98. The summed E-state index contributed by atoms with van der Waals surface area (Å²) in [7, 11) is 0. The van der Waals surface area contributed by atoms with E-state index < -0.39 is 24.5 Å². The van der Waals surface area contributed by atoms with Gasteiger partial charge in [0, 0.05) is 17.0 Å². The predicted octanol–water partition coefficient (Wildman–Crippen LogP) is 2.50. The summed E-state index contributed by atoms with van der Waals surface area (Å²) in [6, 6.07) is 14.2. The molecule has 0 atom stereocenters. The Kier molecular flexibility index (Phi) is 6.03. The maximum atomic E-state index is 12.2. The molecule has 0 spiro atoms. The van der Waals surface area contributed by atoms with E-state index in [2.05, 4.69) is 10.3 Å². The van der Waals surface area contributed by atoms with E-state index in [1.807, 2.05) is 0 Å². The molecule has 0 aliphatic heterocycles. The highest BCUT2D eigenvalue weighted by Crippen LogP contribution is 2.16. The van der Waals surface area contributed by atoms with Crippen LogP contribution in [0.2, 0.25) is 0 Å². The molecule has 1 aromatic heterocycles. The van der Waals surface area contributed by atoms with Gasteiger partial charge < -0.3 is 19.8 Å². The van der Waals surface area contributed by atoms with Crippen molar-refractivity contribution in [2.24, 2.45) is 0 Å². The largest absolute Gasteiger partial charge is 0.462 e. The summed E-state index contributed by atoms with van der Waals surface area (Å²) in [5.41, 5.74) is 0.520. The lowest BCUT2D eigenvalue weighted by atomic mass is 10.2. The van der Waals surface area contributed by atoms with E-state index in [1.54, 1.807) is 43.3 Å². The first-order valence-electron chi connectivity index (χ1n) is 8.84. The average molecular weight is 394 g/mol. The van der Waals surface area contributed by atoms with Crippen molar-refractivity contribution in [3.8, 4) is 0 Å². The Morgan fingerprint density at radius 1 is 0.966 bits per heavy atom. The van der Waals surface area contributed by atoms with Crippen LogP contribution in [0.25, 0.3) is 10.9 Å². The zero-order chi connectivity index (χ0) is 20.8. The Labute approximate surface area is 165 Å². The highest BCUT2D eigenvalue weighted by Gasteiger charge is 2.16. The third-order valence-electron chi connectivity index (χ3n) is 3.99. The lowest BCUT2D eigenvalue weighted by molar-refractivity contribution is -0.119. The molecule has 1 amide bonds. The van der Waals surface area contributed by atoms with Crippen molar-refractivity contribution in [2.75, 3.05) is 18.5 Å². The normalized spacial score (nSPS) is 10.4. The van der Waals surface area contributed by atoms with Gasteiger partial charge in [0.2, 0.25) is 0 Å². The summed E-state index contributed by atoms with van der Waals surface area (Å²) in [6.45, 7) is 1.28. The Morgan fingerprint density at radius 2 is 1.69 bits per heavy atom. The topological polar surface area (TPSA) is 115 Å². The number of rotatable bonds is 6. The van der Waals surface area contributed by atoms with E-state index in [0.717, 1.165) is 6.07 Å². The van der Waals surface area contributed by atoms with Crippen LogP contribution in [-0.4, -0.2) is 36.0 Å². The highest BCUT2D eigenvalue weighted by molar-refractivity contribution is 6.02. The van der Waals surface area contributed by atoms with Gasteiger partial charge in [0.25, 0.3) is 5.91 Å². The van der Waals surface area contributed by atoms with E-state index in [0.29, 0.717) is 10.9 Å². The fourth-order valence-electron chi connectivity index (χ4n) is 2.68. The molecule has 0 saturated carbocycles. The fraction of sp³-hybridized carbons (Fsp3) is 0.143. The van der Waals surface area contributed by atoms with Crippen LogP contribution in [-0.2, 0) is 14.3 Å². The Bertz CT molecular complexity index is 1140. The van der Waals surface area contributed by atoms with Crippen molar-refractivity contribution in [1.82, 2.24) is 4.98 Å². The molecule has 8 nitrogen and oxygen atoms in total. The van der Waals surface area contributed by atoms with Gasteiger partial charge in [0.1, 0.15) is 5.69 Å². The van der Waals surface area contributed by atoms with E-state index in [9.17, 15) is 19.2 Å². The average Bonchev–Trinajstić information content (AvgIpc) is 2.72. The van der Waals surface area contributed by atoms with Crippen LogP contribution >= 0.6 is 0 Å². The number of aromatic amines is 1. The van der Waals surface area contributed by atoms with Crippen molar-refractivity contribution in [2.45, 2.75) is 6.92 Å². The molecule has 0 radical (unpaired) electrons. The van der Waals surface area contributed by atoms with Crippen molar-refractivity contribution < 1.29 is 23.9 Å². The molecule has 29 heavy (non-hydrogen) atoms. The van der Waals surface area contributed by atoms with E-state index >= 15 is 0 Å². The number of esters is 2. The maximum absolute atomic E-state index is 12.2. The third kappa shape index (κ3) is 4.67. The van der Waals surface area contributed by atoms with Crippen LogP contribution in [0.4, 0.5) is 5.69 Å². The summed E-state index contributed by atoms with van der Waals surface area (Å²) in [5.74, 6) is -2.06. The molecule has 3 rings (SSSR count). The summed E-state index contributed by atoms with van der Waals surface area (Å²) >= 11 is 0. The first kappa shape index (κ1) is 19.8. The van der Waals surface area contributed by atoms with Gasteiger partial charge in [-0.05, 0) is 31.2 Å². The van der Waals surface area contributed by atoms with Crippen molar-refractivity contribution in [3.63, 3.8) is 0 Å². The third-order valence-corrected chi connectivity index (χ3v) is 3.99. The number of para-hydroxylation sites is 2. The Hall–Kier alpha value is -3.94. The predicted molar refractivity (Wildman–Crippen MR) is 106 cm³/mol. The van der Waals surface area contributed by atoms with E-state index in [1.165, 1.54) is 12.1 Å². The molecule has 148 valence electrons. The molecule has 2 aromatic carbocycles. The lowest BCUT2D eigenvalue weighted by Gasteiger charge is -2.10. The zero-order valence-corrected chi connectivity index (χ0v) is 15.6. The van der Waals surface area contributed by atoms with Gasteiger partial charge in [-0.25, -0.2) is 9.59 Å². The number of nitrogens with one attached hydrogen (secondary N) is 2. The van der Waals surface area contributed by atoms with Gasteiger partial charge in [-0.3, -0.25) is 9.59 Å². The fourth-order valence-corrected chi connectivity index (χ4v) is 2.68. The Balaban J connectivity index is 1.67. The van der Waals surface area contributed by atoms with Gasteiger partial charge in [0.15, 0.2) is 12.0 Å². The quantitative estimate of drug-likeness (QED) is 0.621. The van der Waals surface area contributed by atoms with Gasteiger partial charge in [-0.15, -0.1) is 0 Å². The second kappa shape index (κ2) is 8.83. The first-order valence-corrected chi connectivity index (χ1v) is 8.84. The number of aromatic nitrogens is 1. The number of ether oxygens (including phenoxy) is 2. The van der Waals surface area contributed by atoms with Gasteiger partial charge >= 0.3 is 11.9 Å². The number of fused-ring (bicyclic) bond motifs is 1. The summed E-state index contributed by atoms with van der Waals surface area (Å²) in [6.07, 6.45) is 0. The van der Waals surface area contributed by atoms with E-state index in [-0.39, 0.29) is 29.0 Å². The summed E-state index contributed by atoms with van der Waals surface area (Å²) in [4.78, 5) is 51.2. The SMILES string of the molecule is CCOC(=O)c1ccccc1NC(=O)COC(=O)c1cc(=O)c2ccccc2[nH]1. The highest BCUT2D eigenvalue weighted by atomic mass is 16.5. The van der Waals surface area contributed by atoms with Crippen molar-refractivity contribution in [3.05, 3.63) is 76.1 Å². The molecule has 3 aromatic rings. The molecule has 0 aliphatic rings. The van der Waals surface area contributed by atoms with Gasteiger partial charge in [-0.1, -0.05) is 24.3 Å². The number of amides is 1. The second-order valence-electron chi connectivity index (χ2n) is 5.98. The molecule has 0 bridgehead atoms. The summed E-state index contributed by atoms with van der Waals surface area (Å²) in [5, 5.41) is 2.95. The van der Waals surface area contributed by atoms with Crippen LogP contribution in [0.15, 0.2) is 59.4 Å². The lowest BCUT2D eigenvalue weighted by Crippen LogP contribution is -2.23. The van der Waals surface area contributed by atoms with Crippen molar-refractivity contribution >= 4 is 34.4 Å². The molecule has 1 heterocycles. The smallest absolute Gasteiger partial charge is 0.355 e. The minimum atomic E-state index is -0.846. The molecular formula is C21H18N2O6. The van der Waals surface area contributed by atoms with Crippen LogP contribution in [0.3, 0.4) is 0 Å². The molecule has 0 fully saturated rings. The monoisotopic (exact) mass is 394 g/mol. The van der Waals surface area contributed by atoms with Crippen LogP contribution < -0.4 is 10.7 Å². The summed E-state index contributed by atoms with van der Waals surface area (Å²) < 4.78 is 9.92. The number of hydrogen-bond donors (Lipinski definition) is 2. The molecule has 0 saturated heterocycles. The zero-order valence-electron chi connectivity index (χ0n) is 15.6. The number of anilines is 1. The van der Waals surface area contributed by atoms with Crippen molar-refractivity contribution in [1.29, 1.82) is 0 Å². The molecule has 8 heteroatoms. The molecular weight excluding hydrogens is 376 g/mol. The van der Waals surface area contributed by atoms with Crippen LogP contribution in [0, 0.1) is 0 Å². The first-order chi connectivity index (χ1) is 14.0. The number of benzene rings is 2. The minimum absolute atomic E-state index is 0.0616. The van der Waals surface area contributed by atoms with Gasteiger partial charge in [-0.2, -0.15) is 0 Å². The minimum Gasteiger partial charge on any atom is -0.462 e. The Morgan fingerprint density at radius 3 is 2.48 bits per heavy atom. The number of hydrogen-bond acceptors (Lipinski definition) is 6. The number of carbonyl (C=O) groups excluding carboxylic acids is 3. The molecule has 0 unspecified atom stereocenters. The number of pyridine rings is 1. The number of H-pyrrole nitrogens is 1. The van der Waals surface area contributed by atoms with Gasteiger partial charge in [0.05, 0.1) is 17.9 Å². The maximum Gasteiger partial charge on any atom is 0.355 e.